The van der Waals surface area contributed by atoms with Gasteiger partial charge in [-0.05, 0) is 49.9 Å². The Labute approximate surface area is 198 Å². The van der Waals surface area contributed by atoms with E-state index < -0.39 is 10.0 Å². The number of nitrogens with two attached hydrogens (primary N) is 1. The first-order valence-corrected chi connectivity index (χ1v) is 12.9. The first kappa shape index (κ1) is 24.1. The fourth-order valence-electron chi connectivity index (χ4n) is 4.82. The van der Waals surface area contributed by atoms with Crippen LogP contribution in [0.4, 0.5) is 5.69 Å². The van der Waals surface area contributed by atoms with Crippen LogP contribution in [0, 0.1) is 17.8 Å². The third-order valence-corrected chi connectivity index (χ3v) is 7.75. The maximum atomic E-state index is 12.7. The van der Waals surface area contributed by atoms with Crippen LogP contribution < -0.4 is 10.5 Å². The monoisotopic (exact) mass is 488 g/mol. The van der Waals surface area contributed by atoms with Gasteiger partial charge in [-0.25, -0.2) is 13.6 Å². The van der Waals surface area contributed by atoms with Crippen molar-refractivity contribution in [3.63, 3.8) is 0 Å². The average molecular weight is 489 g/mol. The molecule has 4 rings (SSSR count). The molecule has 0 spiro atoms. The molecule has 0 saturated carbocycles. The molecule has 0 bridgehead atoms. The van der Waals surface area contributed by atoms with Crippen molar-refractivity contribution in [1.82, 2.24) is 9.80 Å². The zero-order chi connectivity index (χ0) is 24.5. The van der Waals surface area contributed by atoms with Crippen molar-refractivity contribution < 1.29 is 27.6 Å². The van der Waals surface area contributed by atoms with Crippen LogP contribution in [0.25, 0.3) is 0 Å². The number of carbonyl (C=O) groups is 4. The number of nitrogens with one attached hydrogen (secondary N) is 1. The molecular formula is C23H28N4O6S. The molecule has 11 heteroatoms. The largest absolute Gasteiger partial charge is 0.343 e. The van der Waals surface area contributed by atoms with Gasteiger partial charge in [0.15, 0.2) is 0 Å². The van der Waals surface area contributed by atoms with Gasteiger partial charge >= 0.3 is 0 Å². The summed E-state index contributed by atoms with van der Waals surface area (Å²) >= 11 is 0. The van der Waals surface area contributed by atoms with E-state index in [1.807, 2.05) is 12.2 Å². The van der Waals surface area contributed by atoms with E-state index in [-0.39, 0.29) is 59.2 Å². The second kappa shape index (κ2) is 9.67. The molecular weight excluding hydrogens is 460 g/mol. The summed E-state index contributed by atoms with van der Waals surface area (Å²) in [7, 11) is -3.80. The van der Waals surface area contributed by atoms with Crippen LogP contribution >= 0.6 is 0 Å². The van der Waals surface area contributed by atoms with Gasteiger partial charge in [0.1, 0.15) is 0 Å². The standard InChI is InChI=1S/C23H28N4O6S/c24-34(32,33)17-7-5-16(6-8-17)25-21(29)15-9-12-26(13-10-15)20(28)11-14-27-22(30)18-3-1-2-4-19(18)23(27)31/h1-2,5-8,15,18-19H,3-4,9-14H2,(H,25,29)(H2,24,32,33)/t18-,19+. The number of likely N-dealkylation sites (tertiary alicyclic amines) is 2. The van der Waals surface area contributed by atoms with E-state index in [0.29, 0.717) is 44.5 Å². The number of hydrogen-bond acceptors (Lipinski definition) is 6. The summed E-state index contributed by atoms with van der Waals surface area (Å²) in [4.78, 5) is 53.2. The van der Waals surface area contributed by atoms with Crippen LogP contribution in [0.15, 0.2) is 41.3 Å². The van der Waals surface area contributed by atoms with Crippen LogP contribution in [-0.2, 0) is 29.2 Å². The van der Waals surface area contributed by atoms with Gasteiger partial charge in [-0.3, -0.25) is 24.1 Å². The minimum absolute atomic E-state index is 0.0370. The predicted molar refractivity (Wildman–Crippen MR) is 122 cm³/mol. The normalized spacial score (nSPS) is 23.2. The third-order valence-electron chi connectivity index (χ3n) is 6.82. The Bertz CT molecular complexity index is 1100. The molecule has 2 heterocycles. The number of nitrogens with zero attached hydrogens (tertiary/aromatic N) is 2. The molecule has 3 N–H and O–H groups in total. The van der Waals surface area contributed by atoms with Crippen molar-refractivity contribution in [3.05, 3.63) is 36.4 Å². The fraction of sp³-hybridized carbons (Fsp3) is 0.478. The number of sulfonamides is 1. The molecule has 2 atom stereocenters. The summed E-state index contributed by atoms with van der Waals surface area (Å²) in [6.45, 7) is 0.926. The van der Waals surface area contributed by atoms with E-state index >= 15 is 0 Å². The zero-order valence-corrected chi connectivity index (χ0v) is 19.5. The molecule has 0 unspecified atom stereocenters. The summed E-state index contributed by atoms with van der Waals surface area (Å²) in [5.41, 5.74) is 0.464. The highest BCUT2D eigenvalue weighted by atomic mass is 32.2. The molecule has 34 heavy (non-hydrogen) atoms. The number of allylic oxidation sites excluding steroid dienone is 2. The smallest absolute Gasteiger partial charge is 0.238 e. The number of fused-ring (bicyclic) bond motifs is 1. The first-order valence-electron chi connectivity index (χ1n) is 11.4. The summed E-state index contributed by atoms with van der Waals surface area (Å²) in [5.74, 6) is -1.56. The van der Waals surface area contributed by atoms with Crippen molar-refractivity contribution in [1.29, 1.82) is 0 Å². The van der Waals surface area contributed by atoms with E-state index in [0.717, 1.165) is 0 Å². The number of imide groups is 1. The molecule has 0 radical (unpaired) electrons. The second-order valence-corrected chi connectivity index (χ2v) is 10.5. The van der Waals surface area contributed by atoms with E-state index in [4.69, 9.17) is 5.14 Å². The maximum absolute atomic E-state index is 12.7. The fourth-order valence-corrected chi connectivity index (χ4v) is 5.33. The Morgan fingerprint density at radius 2 is 1.53 bits per heavy atom. The summed E-state index contributed by atoms with van der Waals surface area (Å²) in [6, 6.07) is 5.61. The van der Waals surface area contributed by atoms with Gasteiger partial charge in [-0.15, -0.1) is 0 Å². The van der Waals surface area contributed by atoms with Crippen molar-refractivity contribution in [2.24, 2.45) is 22.9 Å². The van der Waals surface area contributed by atoms with E-state index in [2.05, 4.69) is 5.32 Å². The van der Waals surface area contributed by atoms with Crippen LogP contribution in [-0.4, -0.2) is 61.5 Å². The number of primary sulfonamides is 1. The van der Waals surface area contributed by atoms with Crippen LogP contribution in [0.3, 0.4) is 0 Å². The number of hydrogen-bond donors (Lipinski definition) is 2. The SMILES string of the molecule is NS(=O)(=O)c1ccc(NC(=O)C2CCN(C(=O)CCN3C(=O)[C@H]4CC=CC[C@H]4C3=O)CC2)cc1. The quantitative estimate of drug-likeness (QED) is 0.448. The molecule has 3 aliphatic rings. The van der Waals surface area contributed by atoms with Crippen LogP contribution in [0.2, 0.25) is 0 Å². The molecule has 10 nitrogen and oxygen atoms in total. The molecule has 2 aliphatic heterocycles. The van der Waals surface area contributed by atoms with Crippen molar-refractivity contribution >= 4 is 39.3 Å². The van der Waals surface area contributed by atoms with E-state index in [1.54, 1.807) is 4.90 Å². The number of amides is 4. The average Bonchev–Trinajstić information content (AvgIpc) is 3.07. The van der Waals surface area contributed by atoms with Gasteiger partial charge < -0.3 is 10.2 Å². The van der Waals surface area contributed by atoms with Gasteiger partial charge in [0.05, 0.1) is 16.7 Å². The Morgan fingerprint density at radius 1 is 0.971 bits per heavy atom. The van der Waals surface area contributed by atoms with Gasteiger partial charge in [-0.1, -0.05) is 12.2 Å². The minimum Gasteiger partial charge on any atom is -0.343 e. The highest BCUT2D eigenvalue weighted by molar-refractivity contribution is 7.89. The third kappa shape index (κ3) is 5.05. The summed E-state index contributed by atoms with van der Waals surface area (Å²) in [5, 5.41) is 7.84. The Kier molecular flexibility index (Phi) is 6.85. The molecule has 1 aromatic carbocycles. The molecule has 1 aromatic rings. The predicted octanol–water partition coefficient (Wildman–Crippen LogP) is 0.852. The van der Waals surface area contributed by atoms with Crippen molar-refractivity contribution in [2.75, 3.05) is 25.0 Å². The van der Waals surface area contributed by atoms with Crippen LogP contribution in [0.5, 0.6) is 0 Å². The molecule has 0 aromatic heterocycles. The van der Waals surface area contributed by atoms with E-state index in [9.17, 15) is 27.6 Å². The Balaban J connectivity index is 1.23. The van der Waals surface area contributed by atoms with Gasteiger partial charge in [0, 0.05) is 37.7 Å². The Hall–Kier alpha value is -3.05. The number of carbonyl (C=O) groups excluding carboxylic acids is 4. The lowest BCUT2D eigenvalue weighted by molar-refractivity contribution is -0.141. The number of piperidine rings is 1. The molecule has 2 fully saturated rings. The summed E-state index contributed by atoms with van der Waals surface area (Å²) in [6.07, 6.45) is 6.07. The molecule has 1 aliphatic carbocycles. The van der Waals surface area contributed by atoms with Gasteiger partial charge in [0.25, 0.3) is 0 Å². The first-order chi connectivity index (χ1) is 16.1. The highest BCUT2D eigenvalue weighted by Gasteiger charge is 2.47. The van der Waals surface area contributed by atoms with Gasteiger partial charge in [-0.2, -0.15) is 0 Å². The highest BCUT2D eigenvalue weighted by Crippen LogP contribution is 2.35. The molecule has 4 amide bonds. The van der Waals surface area contributed by atoms with Crippen molar-refractivity contribution in [2.45, 2.75) is 37.0 Å². The molecule has 182 valence electrons. The van der Waals surface area contributed by atoms with Gasteiger partial charge in [0.2, 0.25) is 33.7 Å². The number of rotatable bonds is 6. The zero-order valence-electron chi connectivity index (χ0n) is 18.7. The van der Waals surface area contributed by atoms with E-state index in [1.165, 1.54) is 29.2 Å². The molecule has 2 saturated heterocycles. The minimum atomic E-state index is -3.80. The maximum Gasteiger partial charge on any atom is 0.238 e. The second-order valence-electron chi connectivity index (χ2n) is 8.95. The van der Waals surface area contributed by atoms with Crippen LogP contribution in [0.1, 0.15) is 32.1 Å². The number of anilines is 1. The number of benzene rings is 1. The lowest BCUT2D eigenvalue weighted by Gasteiger charge is -2.31. The lowest BCUT2D eigenvalue weighted by atomic mass is 9.85. The topological polar surface area (TPSA) is 147 Å². The van der Waals surface area contributed by atoms with Crippen molar-refractivity contribution in [3.8, 4) is 0 Å². The lowest BCUT2D eigenvalue weighted by Crippen LogP contribution is -2.43. The Morgan fingerprint density at radius 3 is 2.06 bits per heavy atom. The summed E-state index contributed by atoms with van der Waals surface area (Å²) < 4.78 is 22.7.